The smallest absolute Gasteiger partial charge is 0.325 e. The number of likely N-dealkylation sites (N-methyl/N-ethyl adjacent to an activating group) is 1. The second-order valence-corrected chi connectivity index (χ2v) is 7.27. The van der Waals surface area contributed by atoms with Crippen LogP contribution in [0.1, 0.15) is 27.0 Å². The number of para-hydroxylation sites is 1. The number of hydrogen-bond acceptors (Lipinski definition) is 5. The number of amides is 3. The Bertz CT molecular complexity index is 949. The molecule has 2 N–H and O–H groups in total. The van der Waals surface area contributed by atoms with Gasteiger partial charge in [-0.15, -0.1) is 0 Å². The molecule has 0 unspecified atom stereocenters. The molecule has 0 saturated heterocycles. The van der Waals surface area contributed by atoms with E-state index in [2.05, 4.69) is 10.6 Å². The topological polar surface area (TPSA) is 105 Å². The Morgan fingerprint density at radius 1 is 0.935 bits per heavy atom. The Morgan fingerprint density at radius 3 is 2.16 bits per heavy atom. The summed E-state index contributed by atoms with van der Waals surface area (Å²) >= 11 is 0. The Morgan fingerprint density at radius 2 is 1.55 bits per heavy atom. The van der Waals surface area contributed by atoms with E-state index in [4.69, 9.17) is 4.74 Å². The number of aryl methyl sites for hydroxylation is 3. The molecule has 0 bridgehead atoms. The van der Waals surface area contributed by atoms with E-state index in [-0.39, 0.29) is 19.0 Å². The summed E-state index contributed by atoms with van der Waals surface area (Å²) < 4.78 is 4.89. The Hall–Kier alpha value is -3.68. The van der Waals surface area contributed by atoms with Gasteiger partial charge in [-0.1, -0.05) is 35.9 Å². The zero-order chi connectivity index (χ0) is 23.0. The van der Waals surface area contributed by atoms with Crippen molar-refractivity contribution in [2.24, 2.45) is 0 Å². The van der Waals surface area contributed by atoms with Gasteiger partial charge in [-0.05, 0) is 44.0 Å². The van der Waals surface area contributed by atoms with Gasteiger partial charge in [0.2, 0.25) is 5.91 Å². The van der Waals surface area contributed by atoms with Crippen molar-refractivity contribution in [3.8, 4) is 0 Å². The molecule has 0 aliphatic carbocycles. The van der Waals surface area contributed by atoms with Crippen LogP contribution in [0.2, 0.25) is 0 Å². The first-order valence-electron chi connectivity index (χ1n) is 9.78. The van der Waals surface area contributed by atoms with Gasteiger partial charge in [-0.25, -0.2) is 0 Å². The fourth-order valence-electron chi connectivity index (χ4n) is 2.76. The molecule has 0 aliphatic heterocycles. The molecule has 0 heterocycles. The van der Waals surface area contributed by atoms with Crippen LogP contribution in [0.15, 0.2) is 42.5 Å². The molecule has 31 heavy (non-hydrogen) atoms. The second-order valence-electron chi connectivity index (χ2n) is 7.27. The number of carbonyl (C=O) groups excluding carboxylic acids is 4. The third-order valence-corrected chi connectivity index (χ3v) is 4.62. The van der Waals surface area contributed by atoms with Crippen LogP contribution in [-0.2, 0) is 19.1 Å². The van der Waals surface area contributed by atoms with Gasteiger partial charge in [0.05, 0.1) is 6.54 Å². The highest BCUT2D eigenvalue weighted by atomic mass is 16.5. The quantitative estimate of drug-likeness (QED) is 0.630. The van der Waals surface area contributed by atoms with E-state index < -0.39 is 24.4 Å². The highest BCUT2D eigenvalue weighted by Crippen LogP contribution is 2.19. The van der Waals surface area contributed by atoms with E-state index >= 15 is 0 Å². The number of benzene rings is 2. The van der Waals surface area contributed by atoms with Crippen LogP contribution in [0.25, 0.3) is 0 Å². The van der Waals surface area contributed by atoms with Crippen LogP contribution in [0.3, 0.4) is 0 Å². The maximum absolute atomic E-state index is 12.2. The predicted molar refractivity (Wildman–Crippen MR) is 117 cm³/mol. The van der Waals surface area contributed by atoms with Gasteiger partial charge in [-0.3, -0.25) is 19.2 Å². The summed E-state index contributed by atoms with van der Waals surface area (Å²) in [4.78, 5) is 49.4. The van der Waals surface area contributed by atoms with Crippen molar-refractivity contribution in [3.05, 3.63) is 64.7 Å². The summed E-state index contributed by atoms with van der Waals surface area (Å²) in [5.41, 5.74) is 3.99. The van der Waals surface area contributed by atoms with Crippen molar-refractivity contribution in [2.45, 2.75) is 20.8 Å². The van der Waals surface area contributed by atoms with Gasteiger partial charge in [-0.2, -0.15) is 0 Å². The molecule has 0 atom stereocenters. The average Bonchev–Trinajstić information content (AvgIpc) is 2.73. The van der Waals surface area contributed by atoms with Gasteiger partial charge in [0.25, 0.3) is 11.8 Å². The number of nitrogens with one attached hydrogen (secondary N) is 2. The van der Waals surface area contributed by atoms with E-state index in [1.165, 1.54) is 11.9 Å². The second kappa shape index (κ2) is 10.9. The number of rotatable bonds is 8. The minimum absolute atomic E-state index is 0.186. The van der Waals surface area contributed by atoms with Crippen molar-refractivity contribution < 1.29 is 23.9 Å². The molecule has 0 spiro atoms. The van der Waals surface area contributed by atoms with E-state index in [9.17, 15) is 19.2 Å². The third-order valence-electron chi connectivity index (χ3n) is 4.62. The van der Waals surface area contributed by atoms with Crippen molar-refractivity contribution in [1.29, 1.82) is 0 Å². The van der Waals surface area contributed by atoms with Crippen LogP contribution in [0, 0.1) is 20.8 Å². The first-order valence-corrected chi connectivity index (χ1v) is 9.78. The van der Waals surface area contributed by atoms with Crippen molar-refractivity contribution in [2.75, 3.05) is 32.1 Å². The molecule has 164 valence electrons. The molecular formula is C23H27N3O5. The third kappa shape index (κ3) is 7.26. The first kappa shape index (κ1) is 23.6. The van der Waals surface area contributed by atoms with Gasteiger partial charge < -0.3 is 20.3 Å². The average molecular weight is 425 g/mol. The molecule has 2 aromatic carbocycles. The molecular weight excluding hydrogens is 398 g/mol. The lowest BCUT2D eigenvalue weighted by Gasteiger charge is -2.18. The summed E-state index contributed by atoms with van der Waals surface area (Å²) in [6, 6.07) is 12.5. The lowest BCUT2D eigenvalue weighted by atomic mass is 10.1. The van der Waals surface area contributed by atoms with E-state index in [0.29, 0.717) is 11.3 Å². The molecule has 0 aromatic heterocycles. The van der Waals surface area contributed by atoms with Crippen LogP contribution in [0.4, 0.5) is 5.69 Å². The Labute approximate surface area is 181 Å². The van der Waals surface area contributed by atoms with Crippen LogP contribution in [0.5, 0.6) is 0 Å². The van der Waals surface area contributed by atoms with E-state index in [1.54, 1.807) is 24.3 Å². The summed E-state index contributed by atoms with van der Waals surface area (Å²) in [7, 11) is 1.44. The molecule has 3 amide bonds. The highest BCUT2D eigenvalue weighted by Gasteiger charge is 2.17. The molecule has 8 nitrogen and oxygen atoms in total. The van der Waals surface area contributed by atoms with Crippen LogP contribution in [-0.4, -0.2) is 55.3 Å². The fraction of sp³-hybridized carbons (Fsp3) is 0.304. The van der Waals surface area contributed by atoms with Crippen LogP contribution >= 0.6 is 0 Å². The summed E-state index contributed by atoms with van der Waals surface area (Å²) in [5, 5.41) is 5.23. The lowest BCUT2D eigenvalue weighted by molar-refractivity contribution is -0.150. The van der Waals surface area contributed by atoms with Gasteiger partial charge in [0, 0.05) is 18.3 Å². The minimum Gasteiger partial charge on any atom is -0.454 e. The first-order chi connectivity index (χ1) is 14.7. The number of carbonyl (C=O) groups is 4. The Balaban J connectivity index is 1.74. The number of nitrogens with zero attached hydrogens (tertiary/aromatic N) is 1. The number of hydrogen-bond donors (Lipinski definition) is 2. The number of esters is 1. The standard InChI is InChI=1S/C23H27N3O5/c1-15-8-10-18(11-9-15)23(30)24-12-21(29)31-14-20(28)26(4)13-19(27)25-22-16(2)6-5-7-17(22)3/h5-11H,12-14H2,1-4H3,(H,24,30)(H,25,27). The van der Waals surface area contributed by atoms with Gasteiger partial charge >= 0.3 is 5.97 Å². The van der Waals surface area contributed by atoms with Crippen LogP contribution < -0.4 is 10.6 Å². The lowest BCUT2D eigenvalue weighted by Crippen LogP contribution is -2.38. The number of ether oxygens (including phenoxy) is 1. The Kier molecular flexibility index (Phi) is 8.31. The molecule has 0 radical (unpaired) electrons. The molecule has 2 aromatic rings. The summed E-state index contributed by atoms with van der Waals surface area (Å²) in [6.45, 7) is 4.60. The largest absolute Gasteiger partial charge is 0.454 e. The predicted octanol–water partition coefficient (Wildman–Crippen LogP) is 1.98. The molecule has 0 aliphatic rings. The monoisotopic (exact) mass is 425 g/mol. The maximum Gasteiger partial charge on any atom is 0.325 e. The molecule has 0 fully saturated rings. The zero-order valence-electron chi connectivity index (χ0n) is 18.2. The van der Waals surface area contributed by atoms with E-state index in [0.717, 1.165) is 16.7 Å². The SMILES string of the molecule is Cc1ccc(C(=O)NCC(=O)OCC(=O)N(C)CC(=O)Nc2c(C)cccc2C)cc1. The molecule has 2 rings (SSSR count). The van der Waals surface area contributed by atoms with Gasteiger partial charge in [0.15, 0.2) is 6.61 Å². The van der Waals surface area contributed by atoms with Crippen molar-refractivity contribution >= 4 is 29.4 Å². The van der Waals surface area contributed by atoms with Gasteiger partial charge in [0.1, 0.15) is 6.54 Å². The normalized spacial score (nSPS) is 10.2. The van der Waals surface area contributed by atoms with Crippen molar-refractivity contribution in [3.63, 3.8) is 0 Å². The zero-order valence-corrected chi connectivity index (χ0v) is 18.2. The molecule has 0 saturated carbocycles. The highest BCUT2D eigenvalue weighted by molar-refractivity contribution is 5.97. The fourth-order valence-corrected chi connectivity index (χ4v) is 2.76. The summed E-state index contributed by atoms with van der Waals surface area (Å²) in [5.74, 6) is -2.05. The van der Waals surface area contributed by atoms with E-state index in [1.807, 2.05) is 39.0 Å². The maximum atomic E-state index is 12.2. The summed E-state index contributed by atoms with van der Waals surface area (Å²) in [6.07, 6.45) is 0. The minimum atomic E-state index is -0.748. The molecule has 8 heteroatoms. The van der Waals surface area contributed by atoms with Crippen molar-refractivity contribution in [1.82, 2.24) is 10.2 Å². The number of anilines is 1.